The van der Waals surface area contributed by atoms with Crippen molar-refractivity contribution in [1.82, 2.24) is 14.8 Å². The van der Waals surface area contributed by atoms with Crippen molar-refractivity contribution in [2.24, 2.45) is 11.7 Å². The Hall–Kier alpha value is -1.04. The first-order chi connectivity index (χ1) is 9.47. The van der Waals surface area contributed by atoms with Crippen molar-refractivity contribution in [2.75, 3.05) is 33.7 Å². The van der Waals surface area contributed by atoms with Crippen molar-refractivity contribution in [3.8, 4) is 0 Å². The van der Waals surface area contributed by atoms with Crippen molar-refractivity contribution >= 4 is 0 Å². The van der Waals surface area contributed by atoms with E-state index in [1.165, 1.54) is 12.3 Å². The molecule has 1 aliphatic heterocycles. The Bertz CT molecular complexity index is 420. The van der Waals surface area contributed by atoms with Gasteiger partial charge in [0.2, 0.25) is 0 Å². The standard InChI is InChI=1S/C15H25FN4/c1-11-9-20(10-15(11)19(2)3)7-6-13(17)14-5-4-12(16)8-18-14/h4-5,8,11,13,15H,6-7,9-10,17H2,1-3H3. The number of hydrogen-bond acceptors (Lipinski definition) is 4. The number of nitrogens with two attached hydrogens (primary N) is 1. The van der Waals surface area contributed by atoms with Crippen molar-refractivity contribution < 1.29 is 4.39 Å². The van der Waals surface area contributed by atoms with Gasteiger partial charge in [0.05, 0.1) is 11.9 Å². The maximum absolute atomic E-state index is 12.8. The third kappa shape index (κ3) is 3.75. The fraction of sp³-hybridized carbons (Fsp3) is 0.667. The maximum atomic E-state index is 12.8. The molecule has 1 aliphatic rings. The maximum Gasteiger partial charge on any atom is 0.141 e. The quantitative estimate of drug-likeness (QED) is 0.887. The minimum absolute atomic E-state index is 0.121. The largest absolute Gasteiger partial charge is 0.323 e. The third-order valence-corrected chi connectivity index (χ3v) is 4.20. The van der Waals surface area contributed by atoms with Crippen LogP contribution >= 0.6 is 0 Å². The molecule has 0 bridgehead atoms. The van der Waals surface area contributed by atoms with Gasteiger partial charge in [0.1, 0.15) is 5.82 Å². The van der Waals surface area contributed by atoms with E-state index in [9.17, 15) is 4.39 Å². The molecule has 112 valence electrons. The van der Waals surface area contributed by atoms with Crippen LogP contribution in [0.3, 0.4) is 0 Å². The lowest BCUT2D eigenvalue weighted by Crippen LogP contribution is -2.34. The van der Waals surface area contributed by atoms with Gasteiger partial charge in [-0.15, -0.1) is 0 Å². The summed E-state index contributed by atoms with van der Waals surface area (Å²) < 4.78 is 12.8. The fourth-order valence-corrected chi connectivity index (χ4v) is 2.98. The highest BCUT2D eigenvalue weighted by Crippen LogP contribution is 2.21. The second kappa shape index (κ2) is 6.61. The number of hydrogen-bond donors (Lipinski definition) is 1. The molecule has 0 amide bonds. The lowest BCUT2D eigenvalue weighted by atomic mass is 10.1. The van der Waals surface area contributed by atoms with Crippen LogP contribution in [0.2, 0.25) is 0 Å². The van der Waals surface area contributed by atoms with Gasteiger partial charge in [0, 0.05) is 31.7 Å². The molecule has 2 rings (SSSR count). The Balaban J connectivity index is 1.82. The minimum Gasteiger partial charge on any atom is -0.323 e. The minimum atomic E-state index is -0.317. The van der Waals surface area contributed by atoms with E-state index in [1.807, 2.05) is 0 Å². The van der Waals surface area contributed by atoms with Gasteiger partial charge >= 0.3 is 0 Å². The van der Waals surface area contributed by atoms with E-state index in [0.29, 0.717) is 12.0 Å². The lowest BCUT2D eigenvalue weighted by Gasteiger charge is -2.23. The van der Waals surface area contributed by atoms with Gasteiger partial charge in [-0.05, 0) is 38.6 Å². The van der Waals surface area contributed by atoms with Crippen LogP contribution in [0.1, 0.15) is 25.1 Å². The second-order valence-electron chi connectivity index (χ2n) is 6.06. The summed E-state index contributed by atoms with van der Waals surface area (Å²) in [5.74, 6) is 0.369. The molecule has 1 aromatic rings. The third-order valence-electron chi connectivity index (χ3n) is 4.20. The summed E-state index contributed by atoms with van der Waals surface area (Å²) >= 11 is 0. The Kier molecular flexibility index (Phi) is 5.07. The van der Waals surface area contributed by atoms with Gasteiger partial charge in [0.15, 0.2) is 0 Å². The highest BCUT2D eigenvalue weighted by molar-refractivity contribution is 5.09. The van der Waals surface area contributed by atoms with Gasteiger partial charge in [-0.1, -0.05) is 6.92 Å². The van der Waals surface area contributed by atoms with E-state index in [4.69, 9.17) is 5.73 Å². The number of likely N-dealkylation sites (tertiary alicyclic amines) is 1. The summed E-state index contributed by atoms with van der Waals surface area (Å²) in [5.41, 5.74) is 6.90. The van der Waals surface area contributed by atoms with E-state index in [1.54, 1.807) is 6.07 Å². The molecular weight excluding hydrogens is 255 g/mol. The zero-order chi connectivity index (χ0) is 14.7. The molecule has 2 N–H and O–H groups in total. The molecule has 0 aliphatic carbocycles. The zero-order valence-corrected chi connectivity index (χ0v) is 12.6. The van der Waals surface area contributed by atoms with Crippen LogP contribution in [0.5, 0.6) is 0 Å². The van der Waals surface area contributed by atoms with Gasteiger partial charge < -0.3 is 15.5 Å². The molecular formula is C15H25FN4. The van der Waals surface area contributed by atoms with Gasteiger partial charge in [-0.3, -0.25) is 4.98 Å². The normalized spacial score (nSPS) is 25.3. The SMILES string of the molecule is CC1CN(CCC(N)c2ccc(F)cn2)CC1N(C)C. The van der Waals surface area contributed by atoms with E-state index >= 15 is 0 Å². The average molecular weight is 280 g/mol. The van der Waals surface area contributed by atoms with Gasteiger partial charge in [0.25, 0.3) is 0 Å². The summed E-state index contributed by atoms with van der Waals surface area (Å²) in [6, 6.07) is 3.59. The van der Waals surface area contributed by atoms with Crippen molar-refractivity contribution in [1.29, 1.82) is 0 Å². The first-order valence-electron chi connectivity index (χ1n) is 7.23. The Morgan fingerprint density at radius 3 is 2.75 bits per heavy atom. The number of pyridine rings is 1. The van der Waals surface area contributed by atoms with Crippen LogP contribution < -0.4 is 5.73 Å². The van der Waals surface area contributed by atoms with Crippen LogP contribution in [0.4, 0.5) is 4.39 Å². The van der Waals surface area contributed by atoms with E-state index < -0.39 is 0 Å². The molecule has 1 saturated heterocycles. The summed E-state index contributed by atoms with van der Waals surface area (Å²) in [7, 11) is 4.28. The second-order valence-corrected chi connectivity index (χ2v) is 6.06. The van der Waals surface area contributed by atoms with Crippen LogP contribution in [0.25, 0.3) is 0 Å². The molecule has 20 heavy (non-hydrogen) atoms. The highest BCUT2D eigenvalue weighted by Gasteiger charge is 2.30. The Morgan fingerprint density at radius 2 is 2.20 bits per heavy atom. The summed E-state index contributed by atoms with van der Waals surface area (Å²) in [4.78, 5) is 8.81. The molecule has 0 spiro atoms. The van der Waals surface area contributed by atoms with E-state index in [2.05, 4.69) is 35.8 Å². The first kappa shape index (κ1) is 15.4. The average Bonchev–Trinajstić information content (AvgIpc) is 2.78. The molecule has 1 fully saturated rings. The molecule has 4 nitrogen and oxygen atoms in total. The predicted octanol–water partition coefficient (Wildman–Crippen LogP) is 1.49. The first-order valence-corrected chi connectivity index (χ1v) is 7.23. The zero-order valence-electron chi connectivity index (χ0n) is 12.6. The van der Waals surface area contributed by atoms with Crippen LogP contribution in [-0.2, 0) is 0 Å². The van der Waals surface area contributed by atoms with Gasteiger partial charge in [-0.25, -0.2) is 4.39 Å². The molecule has 3 unspecified atom stereocenters. The van der Waals surface area contributed by atoms with E-state index in [-0.39, 0.29) is 11.9 Å². The molecule has 0 radical (unpaired) electrons. The van der Waals surface area contributed by atoms with Crippen LogP contribution in [-0.4, -0.2) is 54.6 Å². The molecule has 0 aromatic carbocycles. The summed E-state index contributed by atoms with van der Waals surface area (Å²) in [6.45, 7) is 5.48. The summed E-state index contributed by atoms with van der Waals surface area (Å²) in [5, 5.41) is 0. The Morgan fingerprint density at radius 1 is 1.45 bits per heavy atom. The number of nitrogens with zero attached hydrogens (tertiary/aromatic N) is 3. The van der Waals surface area contributed by atoms with Crippen molar-refractivity contribution in [3.63, 3.8) is 0 Å². The molecule has 0 saturated carbocycles. The molecule has 3 atom stereocenters. The lowest BCUT2D eigenvalue weighted by molar-refractivity contribution is 0.250. The Labute approximate surface area is 120 Å². The van der Waals surface area contributed by atoms with E-state index in [0.717, 1.165) is 31.7 Å². The predicted molar refractivity (Wildman–Crippen MR) is 78.8 cm³/mol. The number of likely N-dealkylation sites (N-methyl/N-ethyl adjacent to an activating group) is 1. The van der Waals surface area contributed by atoms with Gasteiger partial charge in [-0.2, -0.15) is 0 Å². The monoisotopic (exact) mass is 280 g/mol. The topological polar surface area (TPSA) is 45.4 Å². The highest BCUT2D eigenvalue weighted by atomic mass is 19.1. The number of halogens is 1. The smallest absolute Gasteiger partial charge is 0.141 e. The van der Waals surface area contributed by atoms with Crippen LogP contribution in [0, 0.1) is 11.7 Å². The fourth-order valence-electron chi connectivity index (χ4n) is 2.98. The molecule has 5 heteroatoms. The molecule has 1 aromatic heterocycles. The summed E-state index contributed by atoms with van der Waals surface area (Å²) in [6.07, 6.45) is 2.08. The van der Waals surface area contributed by atoms with Crippen molar-refractivity contribution in [2.45, 2.75) is 25.4 Å². The van der Waals surface area contributed by atoms with Crippen molar-refractivity contribution in [3.05, 3.63) is 29.8 Å². The molecule has 2 heterocycles. The number of aromatic nitrogens is 1. The number of rotatable bonds is 5. The van der Waals surface area contributed by atoms with Crippen LogP contribution in [0.15, 0.2) is 18.3 Å².